The van der Waals surface area contributed by atoms with Crippen LogP contribution in [0.15, 0.2) is 60.0 Å². The maximum Gasteiger partial charge on any atom is 0.243 e. The smallest absolute Gasteiger partial charge is 0.243 e. The summed E-state index contributed by atoms with van der Waals surface area (Å²) in [6.07, 6.45) is 5.39. The van der Waals surface area contributed by atoms with E-state index in [0.717, 1.165) is 46.7 Å². The highest BCUT2D eigenvalue weighted by atomic mass is 32.2. The molecule has 0 saturated carbocycles. The number of aromatic nitrogens is 3. The number of thioether (sulfide) groups is 1. The molecule has 3 aromatic rings. The number of aliphatic hydroxyl groups excluding tert-OH is 1. The number of unbranched alkanes of at least 4 members (excludes halogenated alkanes) is 3. The molecule has 226 valence electrons. The summed E-state index contributed by atoms with van der Waals surface area (Å²) < 4.78 is 14.7. The number of amides is 2. The molecule has 2 heterocycles. The van der Waals surface area contributed by atoms with Crippen LogP contribution in [0.3, 0.4) is 0 Å². The topological polar surface area (TPSA) is 148 Å². The lowest BCUT2D eigenvalue weighted by Crippen LogP contribution is -2.31. The van der Waals surface area contributed by atoms with Gasteiger partial charge in [0.2, 0.25) is 11.8 Å². The van der Waals surface area contributed by atoms with Gasteiger partial charge in [-0.15, -0.1) is 10.2 Å². The molecule has 0 unspecified atom stereocenters. The van der Waals surface area contributed by atoms with Crippen LogP contribution in [0.1, 0.15) is 79.6 Å². The number of nitrogens with zero attached hydrogens (tertiary/aromatic N) is 3. The molecule has 1 aliphatic heterocycles. The molecule has 42 heavy (non-hydrogen) atoms. The molecule has 1 saturated heterocycles. The second-order valence-electron chi connectivity index (χ2n) is 10.4. The standard InChI is InChI=1S/C30H39N5O6S/c1-35-20-32-33-30(35)42-19-25-16-26(23-12-10-22(18-36)11-13-23)41-29(40-25)24-14-8-21(9-15-24)17-31-27(37)6-4-2-3-5-7-28(38)34-39/h8-15,20,25-26,29,36,39H,2-7,16-19H2,1H3,(H,31,37)(H,34,38)/t25-,26+,29+/m0/s1. The summed E-state index contributed by atoms with van der Waals surface area (Å²) in [6.45, 7) is 0.424. The Morgan fingerprint density at radius 3 is 2.26 bits per heavy atom. The van der Waals surface area contributed by atoms with E-state index in [0.29, 0.717) is 31.6 Å². The number of carbonyl (C=O) groups excluding carboxylic acids is 2. The number of nitrogens with one attached hydrogen (secondary N) is 2. The molecule has 3 atom stereocenters. The minimum absolute atomic E-state index is 0.00526. The molecule has 11 nitrogen and oxygen atoms in total. The zero-order chi connectivity index (χ0) is 29.7. The summed E-state index contributed by atoms with van der Waals surface area (Å²) in [5, 5.41) is 29.8. The molecule has 0 spiro atoms. The molecule has 12 heteroatoms. The Labute approximate surface area is 250 Å². The third kappa shape index (κ3) is 9.63. The fraction of sp³-hybridized carbons (Fsp3) is 0.467. The molecule has 4 rings (SSSR count). The Bertz CT molecular complexity index is 1270. The van der Waals surface area contributed by atoms with Gasteiger partial charge in [-0.3, -0.25) is 14.8 Å². The van der Waals surface area contributed by atoms with Crippen LogP contribution in [-0.4, -0.2) is 48.7 Å². The fourth-order valence-electron chi connectivity index (χ4n) is 4.66. The van der Waals surface area contributed by atoms with Gasteiger partial charge >= 0.3 is 0 Å². The van der Waals surface area contributed by atoms with Gasteiger partial charge < -0.3 is 24.5 Å². The molecule has 1 fully saturated rings. The molecule has 1 aromatic heterocycles. The number of benzene rings is 2. The van der Waals surface area contributed by atoms with Gasteiger partial charge in [0, 0.05) is 44.2 Å². The maximum absolute atomic E-state index is 12.3. The van der Waals surface area contributed by atoms with Crippen LogP contribution in [0.4, 0.5) is 0 Å². The number of hydrogen-bond acceptors (Lipinski definition) is 9. The fourth-order valence-corrected chi connectivity index (χ4v) is 5.56. The molecule has 0 radical (unpaired) electrons. The monoisotopic (exact) mass is 597 g/mol. The minimum Gasteiger partial charge on any atom is -0.392 e. The van der Waals surface area contributed by atoms with E-state index in [1.54, 1.807) is 23.6 Å². The first-order valence-corrected chi connectivity index (χ1v) is 15.2. The van der Waals surface area contributed by atoms with E-state index in [4.69, 9.17) is 14.7 Å². The van der Waals surface area contributed by atoms with Crippen LogP contribution in [0.5, 0.6) is 0 Å². The van der Waals surface area contributed by atoms with E-state index < -0.39 is 6.29 Å². The molecule has 1 aliphatic rings. The minimum atomic E-state index is -0.557. The Hall–Kier alpha value is -3.29. The average Bonchev–Trinajstić information content (AvgIpc) is 3.44. The molecular formula is C30H39N5O6S. The summed E-state index contributed by atoms with van der Waals surface area (Å²) in [6, 6.07) is 15.7. The van der Waals surface area contributed by atoms with Gasteiger partial charge in [-0.05, 0) is 29.5 Å². The van der Waals surface area contributed by atoms with Crippen LogP contribution in [-0.2, 0) is 39.3 Å². The summed E-state index contributed by atoms with van der Waals surface area (Å²) >= 11 is 1.59. The molecule has 2 amide bonds. The van der Waals surface area contributed by atoms with Gasteiger partial charge in [0.15, 0.2) is 11.4 Å². The Kier molecular flexibility index (Phi) is 12.3. The zero-order valence-electron chi connectivity index (χ0n) is 23.8. The van der Waals surface area contributed by atoms with Gasteiger partial charge in [0.25, 0.3) is 0 Å². The van der Waals surface area contributed by atoms with E-state index in [9.17, 15) is 14.7 Å². The van der Waals surface area contributed by atoms with E-state index in [-0.39, 0.29) is 37.0 Å². The normalized spacial score (nSPS) is 18.5. The summed E-state index contributed by atoms with van der Waals surface area (Å²) in [4.78, 5) is 23.3. The maximum atomic E-state index is 12.3. The lowest BCUT2D eigenvalue weighted by molar-refractivity contribution is -0.245. The van der Waals surface area contributed by atoms with Crippen molar-refractivity contribution in [3.63, 3.8) is 0 Å². The number of rotatable bonds is 15. The van der Waals surface area contributed by atoms with Gasteiger partial charge in [0.05, 0.1) is 18.8 Å². The van der Waals surface area contributed by atoms with Crippen LogP contribution < -0.4 is 10.8 Å². The Balaban J connectivity index is 1.30. The largest absolute Gasteiger partial charge is 0.392 e. The number of ether oxygens (including phenoxy) is 2. The molecule has 0 bridgehead atoms. The first kappa shape index (κ1) is 31.6. The number of hydroxylamine groups is 1. The van der Waals surface area contributed by atoms with E-state index in [2.05, 4.69) is 15.5 Å². The van der Waals surface area contributed by atoms with Gasteiger partial charge in [-0.1, -0.05) is 73.1 Å². The van der Waals surface area contributed by atoms with Crippen LogP contribution in [0, 0.1) is 0 Å². The number of aryl methyl sites for hydroxylation is 1. The lowest BCUT2D eigenvalue weighted by Gasteiger charge is -2.36. The van der Waals surface area contributed by atoms with Crippen LogP contribution >= 0.6 is 11.8 Å². The second-order valence-corrected chi connectivity index (χ2v) is 11.3. The van der Waals surface area contributed by atoms with E-state index in [1.807, 2.05) is 60.1 Å². The van der Waals surface area contributed by atoms with Crippen molar-refractivity contribution in [2.75, 3.05) is 5.75 Å². The average molecular weight is 598 g/mol. The van der Waals surface area contributed by atoms with Gasteiger partial charge in [-0.25, -0.2) is 5.48 Å². The number of aliphatic hydroxyl groups is 1. The van der Waals surface area contributed by atoms with Crippen molar-refractivity contribution in [3.05, 3.63) is 77.1 Å². The first-order chi connectivity index (χ1) is 20.4. The molecule has 2 aromatic carbocycles. The highest BCUT2D eigenvalue weighted by molar-refractivity contribution is 7.99. The van der Waals surface area contributed by atoms with Crippen molar-refractivity contribution in [1.29, 1.82) is 0 Å². The van der Waals surface area contributed by atoms with Crippen molar-refractivity contribution in [1.82, 2.24) is 25.6 Å². The Morgan fingerprint density at radius 1 is 0.952 bits per heavy atom. The summed E-state index contributed by atoms with van der Waals surface area (Å²) in [5.41, 5.74) is 5.38. The van der Waals surface area contributed by atoms with E-state index in [1.165, 1.54) is 0 Å². The van der Waals surface area contributed by atoms with Gasteiger partial charge in [-0.2, -0.15) is 0 Å². The first-order valence-electron chi connectivity index (χ1n) is 14.2. The predicted molar refractivity (Wildman–Crippen MR) is 156 cm³/mol. The number of hydrogen-bond donors (Lipinski definition) is 4. The SMILES string of the molecule is Cn1cnnc1SC[C@@H]1C[C@H](c2ccc(CO)cc2)O[C@H](c2ccc(CNC(=O)CCCCCCC(=O)NO)cc2)O1. The van der Waals surface area contributed by atoms with Crippen LogP contribution in [0.2, 0.25) is 0 Å². The van der Waals surface area contributed by atoms with Crippen molar-refractivity contribution >= 4 is 23.6 Å². The number of carbonyl (C=O) groups is 2. The highest BCUT2D eigenvalue weighted by Gasteiger charge is 2.32. The van der Waals surface area contributed by atoms with Gasteiger partial charge in [0.1, 0.15) is 6.33 Å². The van der Waals surface area contributed by atoms with Crippen molar-refractivity contribution in [2.45, 2.75) is 81.8 Å². The second kappa shape index (κ2) is 16.4. The van der Waals surface area contributed by atoms with Crippen molar-refractivity contribution in [2.24, 2.45) is 7.05 Å². The quantitative estimate of drug-likeness (QED) is 0.0879. The molecule has 4 N–H and O–H groups in total. The summed E-state index contributed by atoms with van der Waals surface area (Å²) in [5.74, 6) is 0.301. The van der Waals surface area contributed by atoms with Crippen LogP contribution in [0.25, 0.3) is 0 Å². The van der Waals surface area contributed by atoms with Crippen molar-refractivity contribution in [3.8, 4) is 0 Å². The molecule has 0 aliphatic carbocycles. The lowest BCUT2D eigenvalue weighted by atomic mass is 10.0. The molecular weight excluding hydrogens is 558 g/mol. The zero-order valence-corrected chi connectivity index (χ0v) is 24.6. The van der Waals surface area contributed by atoms with E-state index >= 15 is 0 Å². The Morgan fingerprint density at radius 2 is 1.62 bits per heavy atom. The highest BCUT2D eigenvalue weighted by Crippen LogP contribution is 2.39. The third-order valence-electron chi connectivity index (χ3n) is 7.11. The van der Waals surface area contributed by atoms with Crippen molar-refractivity contribution < 1.29 is 29.4 Å². The third-order valence-corrected chi connectivity index (χ3v) is 8.27. The summed E-state index contributed by atoms with van der Waals surface area (Å²) in [7, 11) is 1.91. The predicted octanol–water partition coefficient (Wildman–Crippen LogP) is 4.11.